The molecule has 1 atom stereocenters. The van der Waals surface area contributed by atoms with Crippen LogP contribution in [0.4, 0.5) is 5.95 Å². The van der Waals surface area contributed by atoms with E-state index < -0.39 is 0 Å². The summed E-state index contributed by atoms with van der Waals surface area (Å²) in [7, 11) is 3.28. The van der Waals surface area contributed by atoms with E-state index in [-0.39, 0.29) is 11.8 Å². The van der Waals surface area contributed by atoms with E-state index in [2.05, 4.69) is 14.9 Å². The molecule has 1 saturated heterocycles. The maximum Gasteiger partial charge on any atom is 0.227 e. The van der Waals surface area contributed by atoms with Gasteiger partial charge in [-0.2, -0.15) is 0 Å². The molecule has 7 nitrogen and oxygen atoms in total. The van der Waals surface area contributed by atoms with Crippen LogP contribution in [0.15, 0.2) is 30.6 Å². The van der Waals surface area contributed by atoms with Crippen LogP contribution in [-0.2, 0) is 17.8 Å². The predicted octanol–water partition coefficient (Wildman–Crippen LogP) is 2.30. The molecule has 0 N–H and O–H groups in total. The van der Waals surface area contributed by atoms with Gasteiger partial charge in [0.05, 0.1) is 20.1 Å². The van der Waals surface area contributed by atoms with Crippen molar-refractivity contribution in [2.45, 2.75) is 25.8 Å². The topological polar surface area (TPSA) is 67.8 Å². The number of anilines is 1. The summed E-state index contributed by atoms with van der Waals surface area (Å²) < 4.78 is 10.8. The van der Waals surface area contributed by atoms with Gasteiger partial charge in [0.1, 0.15) is 0 Å². The van der Waals surface area contributed by atoms with Crippen molar-refractivity contribution in [1.29, 1.82) is 0 Å². The Balaban J connectivity index is 1.47. The number of carbonyl (C=O) groups excluding carboxylic acids is 1. The minimum absolute atomic E-state index is 0.0146. The number of benzene rings is 1. The first kappa shape index (κ1) is 18.5. The van der Waals surface area contributed by atoms with Crippen LogP contribution in [0.1, 0.15) is 24.0 Å². The van der Waals surface area contributed by atoms with E-state index in [1.54, 1.807) is 26.6 Å². The van der Waals surface area contributed by atoms with Crippen LogP contribution in [0.25, 0.3) is 0 Å². The first-order valence-corrected chi connectivity index (χ1v) is 9.74. The molecule has 0 unspecified atom stereocenters. The molecular formula is C21H26N4O3. The summed E-state index contributed by atoms with van der Waals surface area (Å²) in [5.74, 6) is 2.37. The second-order valence-corrected chi connectivity index (χ2v) is 7.32. The molecular weight excluding hydrogens is 356 g/mol. The molecule has 148 valence electrons. The second kappa shape index (κ2) is 8.04. The summed E-state index contributed by atoms with van der Waals surface area (Å²) in [5, 5.41) is 0. The van der Waals surface area contributed by atoms with Crippen LogP contribution in [0.5, 0.6) is 11.5 Å². The minimum Gasteiger partial charge on any atom is -0.493 e. The second-order valence-electron chi connectivity index (χ2n) is 7.32. The number of fused-ring (bicyclic) bond motifs is 1. The number of rotatable bonds is 4. The zero-order chi connectivity index (χ0) is 19.5. The molecule has 0 saturated carbocycles. The highest BCUT2D eigenvalue weighted by Gasteiger charge is 2.32. The van der Waals surface area contributed by atoms with Crippen molar-refractivity contribution in [3.8, 4) is 11.5 Å². The van der Waals surface area contributed by atoms with E-state index in [4.69, 9.17) is 9.47 Å². The van der Waals surface area contributed by atoms with Crippen molar-refractivity contribution in [3.63, 3.8) is 0 Å². The Labute approximate surface area is 165 Å². The van der Waals surface area contributed by atoms with Gasteiger partial charge in [-0.05, 0) is 48.6 Å². The molecule has 0 spiro atoms. The Hall–Kier alpha value is -2.83. The molecule has 0 aliphatic carbocycles. The van der Waals surface area contributed by atoms with E-state index in [0.29, 0.717) is 24.8 Å². The van der Waals surface area contributed by atoms with E-state index in [9.17, 15) is 4.79 Å². The number of methoxy groups -OCH3 is 2. The summed E-state index contributed by atoms with van der Waals surface area (Å²) in [6.45, 7) is 2.93. The molecule has 2 aliphatic heterocycles. The smallest absolute Gasteiger partial charge is 0.227 e. The van der Waals surface area contributed by atoms with Crippen molar-refractivity contribution < 1.29 is 14.3 Å². The zero-order valence-electron chi connectivity index (χ0n) is 16.4. The molecule has 0 bridgehead atoms. The molecule has 1 amide bonds. The molecule has 0 radical (unpaired) electrons. The Kier molecular flexibility index (Phi) is 5.32. The third kappa shape index (κ3) is 3.61. The van der Waals surface area contributed by atoms with E-state index in [1.165, 1.54) is 5.56 Å². The van der Waals surface area contributed by atoms with Gasteiger partial charge in [0.2, 0.25) is 11.9 Å². The van der Waals surface area contributed by atoms with Gasteiger partial charge in [-0.15, -0.1) is 0 Å². The van der Waals surface area contributed by atoms with Gasteiger partial charge < -0.3 is 19.3 Å². The Morgan fingerprint density at radius 1 is 1.07 bits per heavy atom. The number of carbonyl (C=O) groups is 1. The van der Waals surface area contributed by atoms with Crippen LogP contribution >= 0.6 is 0 Å². The number of piperidine rings is 1. The number of ether oxygens (including phenoxy) is 2. The lowest BCUT2D eigenvalue weighted by Crippen LogP contribution is -2.46. The van der Waals surface area contributed by atoms with Crippen molar-refractivity contribution in [3.05, 3.63) is 41.7 Å². The zero-order valence-corrected chi connectivity index (χ0v) is 16.4. The fraction of sp³-hybridized carbons (Fsp3) is 0.476. The summed E-state index contributed by atoms with van der Waals surface area (Å²) in [6, 6.07) is 5.84. The molecule has 7 heteroatoms. The third-order valence-corrected chi connectivity index (χ3v) is 5.64. The SMILES string of the molecule is COc1cc2c(cc1OC)CN(C(=O)[C@@H]1CCCN(c3ncccn3)C1)CC2. The van der Waals surface area contributed by atoms with E-state index in [1.807, 2.05) is 23.1 Å². The average molecular weight is 382 g/mol. The van der Waals surface area contributed by atoms with Crippen molar-refractivity contribution in [2.24, 2.45) is 5.92 Å². The summed E-state index contributed by atoms with van der Waals surface area (Å²) >= 11 is 0. The van der Waals surface area contributed by atoms with Gasteiger partial charge in [0, 0.05) is 38.6 Å². The standard InChI is InChI=1S/C21H26N4O3/c1-27-18-11-15-6-10-24(14-17(15)12-19(18)28-2)20(26)16-5-3-9-25(13-16)21-22-7-4-8-23-21/h4,7-8,11-12,16H,3,5-6,9-10,13-14H2,1-2H3/t16-/m1/s1. The first-order chi connectivity index (χ1) is 13.7. The first-order valence-electron chi connectivity index (χ1n) is 9.74. The largest absolute Gasteiger partial charge is 0.493 e. The maximum atomic E-state index is 13.2. The average Bonchev–Trinajstić information content (AvgIpc) is 2.77. The van der Waals surface area contributed by atoms with Gasteiger partial charge in [-0.25, -0.2) is 9.97 Å². The number of amides is 1. The fourth-order valence-corrected chi connectivity index (χ4v) is 4.14. The van der Waals surface area contributed by atoms with Crippen LogP contribution in [-0.4, -0.2) is 54.6 Å². The number of hydrogen-bond donors (Lipinski definition) is 0. The molecule has 1 aromatic carbocycles. The van der Waals surface area contributed by atoms with Crippen LogP contribution < -0.4 is 14.4 Å². The van der Waals surface area contributed by atoms with E-state index in [0.717, 1.165) is 43.7 Å². The summed E-state index contributed by atoms with van der Waals surface area (Å²) in [4.78, 5) is 26.0. The molecule has 2 aliphatic rings. The fourth-order valence-electron chi connectivity index (χ4n) is 4.14. The predicted molar refractivity (Wildman–Crippen MR) is 106 cm³/mol. The highest BCUT2D eigenvalue weighted by Crippen LogP contribution is 2.34. The Bertz CT molecular complexity index is 843. The summed E-state index contributed by atoms with van der Waals surface area (Å²) in [6.07, 6.45) is 6.22. The maximum absolute atomic E-state index is 13.2. The molecule has 2 aromatic rings. The monoisotopic (exact) mass is 382 g/mol. The molecule has 28 heavy (non-hydrogen) atoms. The van der Waals surface area contributed by atoms with E-state index >= 15 is 0 Å². The quantitative estimate of drug-likeness (QED) is 0.808. The lowest BCUT2D eigenvalue weighted by Gasteiger charge is -2.36. The van der Waals surface area contributed by atoms with Crippen molar-refractivity contribution in [1.82, 2.24) is 14.9 Å². The number of hydrogen-bond acceptors (Lipinski definition) is 6. The Morgan fingerprint density at radius 3 is 2.50 bits per heavy atom. The lowest BCUT2D eigenvalue weighted by atomic mass is 9.93. The van der Waals surface area contributed by atoms with Gasteiger partial charge in [0.25, 0.3) is 0 Å². The summed E-state index contributed by atoms with van der Waals surface area (Å²) in [5.41, 5.74) is 2.36. The van der Waals surface area contributed by atoms with Gasteiger partial charge in [-0.1, -0.05) is 0 Å². The van der Waals surface area contributed by atoms with Crippen molar-refractivity contribution in [2.75, 3.05) is 38.8 Å². The van der Waals surface area contributed by atoms with Crippen LogP contribution in [0.3, 0.4) is 0 Å². The van der Waals surface area contributed by atoms with Gasteiger partial charge >= 0.3 is 0 Å². The molecule has 1 fully saturated rings. The van der Waals surface area contributed by atoms with Crippen LogP contribution in [0, 0.1) is 5.92 Å². The number of nitrogens with zero attached hydrogens (tertiary/aromatic N) is 4. The highest BCUT2D eigenvalue weighted by atomic mass is 16.5. The van der Waals surface area contributed by atoms with Gasteiger partial charge in [0.15, 0.2) is 11.5 Å². The molecule has 4 rings (SSSR count). The lowest BCUT2D eigenvalue weighted by molar-refractivity contribution is -0.136. The highest BCUT2D eigenvalue weighted by molar-refractivity contribution is 5.80. The van der Waals surface area contributed by atoms with Crippen molar-refractivity contribution >= 4 is 11.9 Å². The minimum atomic E-state index is -0.0146. The van der Waals surface area contributed by atoms with Crippen LogP contribution in [0.2, 0.25) is 0 Å². The normalized spacial score (nSPS) is 19.1. The molecule has 3 heterocycles. The number of aromatic nitrogens is 2. The molecule has 1 aromatic heterocycles. The Morgan fingerprint density at radius 2 is 1.79 bits per heavy atom. The third-order valence-electron chi connectivity index (χ3n) is 5.64. The van der Waals surface area contributed by atoms with Gasteiger partial charge in [-0.3, -0.25) is 4.79 Å².